The number of nitrogen functional groups attached to an aromatic ring is 1. The highest BCUT2D eigenvalue weighted by molar-refractivity contribution is 5.79. The van der Waals surface area contributed by atoms with E-state index in [1.165, 1.54) is 6.42 Å². The lowest BCUT2D eigenvalue weighted by Gasteiger charge is -2.05. The summed E-state index contributed by atoms with van der Waals surface area (Å²) in [6.07, 6.45) is 1.19. The van der Waals surface area contributed by atoms with Gasteiger partial charge in [0.1, 0.15) is 5.82 Å². The van der Waals surface area contributed by atoms with Gasteiger partial charge in [0.25, 0.3) is 0 Å². The van der Waals surface area contributed by atoms with Crippen LogP contribution in [-0.2, 0) is 7.05 Å². The van der Waals surface area contributed by atoms with Crippen molar-refractivity contribution in [2.45, 2.75) is 19.3 Å². The van der Waals surface area contributed by atoms with Gasteiger partial charge in [-0.05, 0) is 30.0 Å². The van der Waals surface area contributed by atoms with Crippen LogP contribution in [0, 0.1) is 5.92 Å². The molecule has 5 nitrogen and oxygen atoms in total. The molecule has 1 aromatic heterocycles. The van der Waals surface area contributed by atoms with E-state index in [4.69, 9.17) is 15.2 Å². The number of fused-ring (bicyclic) bond motifs is 1. The van der Waals surface area contributed by atoms with Crippen molar-refractivity contribution in [2.75, 3.05) is 12.5 Å². The molecule has 0 saturated heterocycles. The number of nitrogens with two attached hydrogens (primary N) is 1. The van der Waals surface area contributed by atoms with E-state index in [9.17, 15) is 0 Å². The van der Waals surface area contributed by atoms with Crippen molar-refractivity contribution < 1.29 is 9.47 Å². The Morgan fingerprint density at radius 2 is 2.05 bits per heavy atom. The summed E-state index contributed by atoms with van der Waals surface area (Å²) < 4.78 is 12.6. The van der Waals surface area contributed by atoms with Gasteiger partial charge in [-0.1, -0.05) is 13.0 Å². The van der Waals surface area contributed by atoms with Gasteiger partial charge in [-0.15, -0.1) is 0 Å². The minimum atomic E-state index is 0.286. The van der Waals surface area contributed by atoms with Crippen molar-refractivity contribution in [3.8, 4) is 22.6 Å². The quantitative estimate of drug-likeness (QED) is 0.911. The molecule has 2 N–H and O–H groups in total. The van der Waals surface area contributed by atoms with Crippen LogP contribution in [0.25, 0.3) is 11.1 Å². The Bertz CT molecular complexity index is 693. The van der Waals surface area contributed by atoms with E-state index in [0.717, 1.165) is 28.3 Å². The molecule has 0 bridgehead atoms. The molecule has 1 aliphatic heterocycles. The molecule has 1 aromatic carbocycles. The number of aromatic nitrogens is 2. The molecule has 20 heavy (non-hydrogen) atoms. The van der Waals surface area contributed by atoms with Gasteiger partial charge in [-0.3, -0.25) is 4.68 Å². The Morgan fingerprint density at radius 1 is 1.30 bits per heavy atom. The highest BCUT2D eigenvalue weighted by Crippen LogP contribution is 2.51. The topological polar surface area (TPSA) is 62.3 Å². The lowest BCUT2D eigenvalue weighted by Crippen LogP contribution is -1.98. The van der Waals surface area contributed by atoms with Crippen LogP contribution in [0.5, 0.6) is 11.5 Å². The number of hydrogen-bond acceptors (Lipinski definition) is 4. The predicted molar refractivity (Wildman–Crippen MR) is 75.7 cm³/mol. The number of aryl methyl sites for hydroxylation is 1. The van der Waals surface area contributed by atoms with Crippen LogP contribution in [0.15, 0.2) is 18.2 Å². The first-order valence-electron chi connectivity index (χ1n) is 6.87. The lowest BCUT2D eigenvalue weighted by molar-refractivity contribution is 0.174. The van der Waals surface area contributed by atoms with E-state index in [1.807, 2.05) is 25.2 Å². The van der Waals surface area contributed by atoms with Crippen LogP contribution in [0.3, 0.4) is 0 Å². The highest BCUT2D eigenvalue weighted by Gasteiger charge is 2.39. The number of rotatable bonds is 2. The second-order valence-corrected chi connectivity index (χ2v) is 5.66. The summed E-state index contributed by atoms with van der Waals surface area (Å²) in [6, 6.07) is 5.95. The summed E-state index contributed by atoms with van der Waals surface area (Å²) in [7, 11) is 1.89. The summed E-state index contributed by atoms with van der Waals surface area (Å²) in [6.45, 7) is 2.53. The third-order valence-corrected chi connectivity index (χ3v) is 4.24. The average molecular weight is 271 g/mol. The first-order valence-corrected chi connectivity index (χ1v) is 6.87. The third kappa shape index (κ3) is 1.59. The molecule has 2 aliphatic rings. The van der Waals surface area contributed by atoms with Crippen molar-refractivity contribution in [3.05, 3.63) is 23.9 Å². The number of ether oxygens (including phenoxy) is 2. The molecule has 0 unspecified atom stereocenters. The Balaban J connectivity index is 1.85. The molecule has 4 rings (SSSR count). The van der Waals surface area contributed by atoms with Crippen LogP contribution < -0.4 is 15.2 Å². The largest absolute Gasteiger partial charge is 0.454 e. The molecule has 2 aromatic rings. The molecule has 2 atom stereocenters. The van der Waals surface area contributed by atoms with Crippen LogP contribution in [0.2, 0.25) is 0 Å². The SMILES string of the molecule is C[C@H]1C[C@@H]1c1nn(C)c(N)c1-c1ccc2c(c1)OCO2. The third-order valence-electron chi connectivity index (χ3n) is 4.24. The zero-order valence-electron chi connectivity index (χ0n) is 11.6. The first kappa shape index (κ1) is 11.6. The Labute approximate surface area is 117 Å². The molecular formula is C15H17N3O2. The maximum atomic E-state index is 6.22. The van der Waals surface area contributed by atoms with Crippen molar-refractivity contribution >= 4 is 5.82 Å². The van der Waals surface area contributed by atoms with Crippen molar-refractivity contribution in [1.82, 2.24) is 9.78 Å². The van der Waals surface area contributed by atoms with Crippen molar-refractivity contribution in [2.24, 2.45) is 13.0 Å². The van der Waals surface area contributed by atoms with Crippen LogP contribution in [0.1, 0.15) is 25.0 Å². The smallest absolute Gasteiger partial charge is 0.231 e. The monoisotopic (exact) mass is 271 g/mol. The molecule has 1 aliphatic carbocycles. The van der Waals surface area contributed by atoms with Crippen LogP contribution in [-0.4, -0.2) is 16.6 Å². The minimum absolute atomic E-state index is 0.286. The molecule has 5 heteroatoms. The zero-order valence-corrected chi connectivity index (χ0v) is 11.6. The Hall–Kier alpha value is -2.17. The van der Waals surface area contributed by atoms with Gasteiger partial charge in [0.05, 0.1) is 5.69 Å². The normalized spacial score (nSPS) is 23.1. The maximum absolute atomic E-state index is 6.22. The average Bonchev–Trinajstić information content (AvgIpc) is 2.85. The molecule has 1 fully saturated rings. The maximum Gasteiger partial charge on any atom is 0.231 e. The molecule has 0 spiro atoms. The molecule has 0 radical (unpaired) electrons. The number of nitrogens with zero attached hydrogens (tertiary/aromatic N) is 2. The van der Waals surface area contributed by atoms with Crippen molar-refractivity contribution in [1.29, 1.82) is 0 Å². The van der Waals surface area contributed by atoms with E-state index in [0.29, 0.717) is 17.7 Å². The van der Waals surface area contributed by atoms with Gasteiger partial charge in [0.15, 0.2) is 11.5 Å². The van der Waals surface area contributed by atoms with Gasteiger partial charge >= 0.3 is 0 Å². The second-order valence-electron chi connectivity index (χ2n) is 5.66. The summed E-state index contributed by atoms with van der Waals surface area (Å²) >= 11 is 0. The van der Waals surface area contributed by atoms with Crippen LogP contribution in [0.4, 0.5) is 5.82 Å². The fraction of sp³-hybridized carbons (Fsp3) is 0.400. The molecule has 104 valence electrons. The van der Waals surface area contributed by atoms with E-state index < -0.39 is 0 Å². The zero-order chi connectivity index (χ0) is 13.9. The molecule has 0 amide bonds. The van der Waals surface area contributed by atoms with Gasteiger partial charge in [-0.25, -0.2) is 0 Å². The summed E-state index contributed by atoms with van der Waals surface area (Å²) in [4.78, 5) is 0. The predicted octanol–water partition coefficient (Wildman–Crippen LogP) is 2.52. The van der Waals surface area contributed by atoms with Gasteiger partial charge < -0.3 is 15.2 Å². The fourth-order valence-corrected chi connectivity index (χ4v) is 2.87. The molecule has 2 heterocycles. The summed E-state index contributed by atoms with van der Waals surface area (Å²) in [5.74, 6) is 3.49. The summed E-state index contributed by atoms with van der Waals surface area (Å²) in [5.41, 5.74) is 9.42. The molecule has 1 saturated carbocycles. The highest BCUT2D eigenvalue weighted by atomic mass is 16.7. The van der Waals surface area contributed by atoms with E-state index in [-0.39, 0.29) is 6.79 Å². The Kier molecular flexibility index (Phi) is 2.28. The van der Waals surface area contributed by atoms with E-state index in [2.05, 4.69) is 12.0 Å². The van der Waals surface area contributed by atoms with Crippen molar-refractivity contribution in [3.63, 3.8) is 0 Å². The van der Waals surface area contributed by atoms with E-state index >= 15 is 0 Å². The standard InChI is InChI=1S/C15H17N3O2/c1-8-5-10(8)14-13(15(16)18(2)17-14)9-3-4-11-12(6-9)20-7-19-11/h3-4,6,8,10H,5,7,16H2,1-2H3/t8-,10-/m0/s1. The molecular weight excluding hydrogens is 254 g/mol. The second kappa shape index (κ2) is 3.91. The Morgan fingerprint density at radius 3 is 2.80 bits per heavy atom. The van der Waals surface area contributed by atoms with Gasteiger partial charge in [0, 0.05) is 18.5 Å². The minimum Gasteiger partial charge on any atom is -0.454 e. The summed E-state index contributed by atoms with van der Waals surface area (Å²) in [5, 5.41) is 4.61. The fourth-order valence-electron chi connectivity index (χ4n) is 2.87. The van der Waals surface area contributed by atoms with Gasteiger partial charge in [0.2, 0.25) is 6.79 Å². The van der Waals surface area contributed by atoms with Crippen LogP contribution >= 0.6 is 0 Å². The first-order chi connectivity index (χ1) is 9.65. The number of benzene rings is 1. The number of hydrogen-bond donors (Lipinski definition) is 1. The van der Waals surface area contributed by atoms with Gasteiger partial charge in [-0.2, -0.15) is 5.10 Å². The van der Waals surface area contributed by atoms with E-state index in [1.54, 1.807) is 4.68 Å². The number of anilines is 1. The lowest BCUT2D eigenvalue weighted by atomic mass is 10.0.